The van der Waals surface area contributed by atoms with E-state index in [0.29, 0.717) is 22.3 Å². The van der Waals surface area contributed by atoms with Crippen LogP contribution in [0.4, 0.5) is 15.9 Å². The number of hydrogen-bond donors (Lipinski definition) is 1. The predicted octanol–water partition coefficient (Wildman–Crippen LogP) is 5.55. The van der Waals surface area contributed by atoms with Crippen LogP contribution in [0.3, 0.4) is 0 Å². The zero-order valence-electron chi connectivity index (χ0n) is 19.5. The number of Topliss-reactive ketones (excluding diaryl/α,β-unsaturated/α-hetero) is 1. The molecule has 7 heteroatoms. The summed E-state index contributed by atoms with van der Waals surface area (Å²) in [6, 6.07) is 8.44. The minimum Gasteiger partial charge on any atom is -0.337 e. The van der Waals surface area contributed by atoms with Gasteiger partial charge in [-0.15, -0.1) is 0 Å². The van der Waals surface area contributed by atoms with Crippen LogP contribution in [0.2, 0.25) is 5.02 Å². The Morgan fingerprint density at radius 3 is 2.85 bits per heavy atom. The van der Waals surface area contributed by atoms with E-state index in [-0.39, 0.29) is 28.3 Å². The Labute approximate surface area is 204 Å². The zero-order chi connectivity index (χ0) is 24.5. The van der Waals surface area contributed by atoms with Crippen LogP contribution in [0.1, 0.15) is 31.4 Å². The summed E-state index contributed by atoms with van der Waals surface area (Å²) in [5, 5.41) is 3.68. The first-order valence-electron chi connectivity index (χ1n) is 11.0. The fraction of sp³-hybridized carbons (Fsp3) is 0.296. The maximum Gasteiger partial charge on any atom is 0.165 e. The lowest BCUT2D eigenvalue weighted by molar-refractivity contribution is -0.114. The Morgan fingerprint density at radius 2 is 2.15 bits per heavy atom. The number of benzene rings is 2. The van der Waals surface area contributed by atoms with E-state index in [1.807, 2.05) is 12.1 Å². The SMILES string of the molecule is C=C(C)C(=O)Cc1cc2c(Nc3cccc(Cl)c3F)ncnc2cc1C#C[C@@]1(C)CCN(C)C1. The molecule has 1 aliphatic heterocycles. The summed E-state index contributed by atoms with van der Waals surface area (Å²) in [7, 11) is 2.09. The van der Waals surface area contributed by atoms with Gasteiger partial charge in [0.1, 0.15) is 12.1 Å². The number of halogens is 2. The molecule has 0 saturated carbocycles. The van der Waals surface area contributed by atoms with Crippen molar-refractivity contribution in [3.63, 3.8) is 0 Å². The Hall–Kier alpha value is -3.27. The van der Waals surface area contributed by atoms with E-state index in [4.69, 9.17) is 11.6 Å². The average molecular weight is 477 g/mol. The molecule has 174 valence electrons. The van der Waals surface area contributed by atoms with Gasteiger partial charge in [-0.1, -0.05) is 36.1 Å². The fourth-order valence-corrected chi connectivity index (χ4v) is 4.25. The highest BCUT2D eigenvalue weighted by Crippen LogP contribution is 2.31. The van der Waals surface area contributed by atoms with E-state index >= 15 is 0 Å². The minimum atomic E-state index is -0.564. The van der Waals surface area contributed by atoms with Crippen molar-refractivity contribution in [1.29, 1.82) is 0 Å². The van der Waals surface area contributed by atoms with Gasteiger partial charge in [0.2, 0.25) is 0 Å². The second-order valence-corrected chi connectivity index (χ2v) is 9.56. The molecule has 0 aliphatic carbocycles. The highest BCUT2D eigenvalue weighted by atomic mass is 35.5. The van der Waals surface area contributed by atoms with E-state index < -0.39 is 5.82 Å². The number of allylic oxidation sites excluding steroid dienone is 1. The third kappa shape index (κ3) is 5.11. The van der Waals surface area contributed by atoms with Crippen molar-refractivity contribution < 1.29 is 9.18 Å². The first-order valence-corrected chi connectivity index (χ1v) is 11.4. The van der Waals surface area contributed by atoms with Crippen LogP contribution in [-0.2, 0) is 11.2 Å². The fourth-order valence-electron chi connectivity index (χ4n) is 4.07. The lowest BCUT2D eigenvalue weighted by Crippen LogP contribution is -2.20. The smallest absolute Gasteiger partial charge is 0.165 e. The second kappa shape index (κ2) is 9.54. The molecule has 0 amide bonds. The van der Waals surface area contributed by atoms with Gasteiger partial charge in [-0.2, -0.15) is 0 Å². The molecular weight excluding hydrogens is 451 g/mol. The normalized spacial score (nSPS) is 17.9. The van der Waals surface area contributed by atoms with Crippen molar-refractivity contribution in [1.82, 2.24) is 14.9 Å². The van der Waals surface area contributed by atoms with Crippen LogP contribution in [0.5, 0.6) is 0 Å². The van der Waals surface area contributed by atoms with Gasteiger partial charge in [0.05, 0.1) is 16.2 Å². The molecule has 0 bridgehead atoms. The Kier molecular flexibility index (Phi) is 6.70. The quantitative estimate of drug-likeness (QED) is 0.386. The van der Waals surface area contributed by atoms with Crippen LogP contribution in [0.25, 0.3) is 10.9 Å². The number of rotatable bonds is 5. The van der Waals surface area contributed by atoms with E-state index in [9.17, 15) is 9.18 Å². The average Bonchev–Trinajstić information content (AvgIpc) is 3.14. The number of carbonyl (C=O) groups is 1. The van der Waals surface area contributed by atoms with Crippen molar-refractivity contribution in [3.05, 3.63) is 70.8 Å². The summed E-state index contributed by atoms with van der Waals surface area (Å²) in [4.78, 5) is 23.5. The molecule has 2 heterocycles. The number of carbonyl (C=O) groups excluding carboxylic acids is 1. The van der Waals surface area contributed by atoms with Gasteiger partial charge >= 0.3 is 0 Å². The van der Waals surface area contributed by atoms with Crippen molar-refractivity contribution in [2.75, 3.05) is 25.5 Å². The molecule has 2 aromatic carbocycles. The van der Waals surface area contributed by atoms with Gasteiger partial charge in [0.15, 0.2) is 11.6 Å². The van der Waals surface area contributed by atoms with Crippen molar-refractivity contribution in [2.24, 2.45) is 5.41 Å². The number of anilines is 2. The van der Waals surface area contributed by atoms with E-state index in [0.717, 1.165) is 30.6 Å². The van der Waals surface area contributed by atoms with Crippen LogP contribution in [-0.4, -0.2) is 40.8 Å². The summed E-state index contributed by atoms with van der Waals surface area (Å²) in [5.74, 6) is 6.54. The molecule has 5 nitrogen and oxygen atoms in total. The number of nitrogens with one attached hydrogen (secondary N) is 1. The number of aromatic nitrogens is 2. The lowest BCUT2D eigenvalue weighted by Gasteiger charge is -2.16. The standard InChI is InChI=1S/C27H26ClFN4O/c1-17(2)24(34)14-19-12-20-23(13-18(19)8-9-27(3)10-11-33(4)15-27)30-16-31-26(20)32-22-7-5-6-21(28)25(22)29/h5-7,12-13,16H,1,10-11,14-15H2,2-4H3,(H,30,31,32)/t27-/m0/s1. The molecule has 1 fully saturated rings. The zero-order valence-corrected chi connectivity index (χ0v) is 20.3. The maximum atomic E-state index is 14.5. The molecule has 0 radical (unpaired) electrons. The summed E-state index contributed by atoms with van der Waals surface area (Å²) in [5.41, 5.74) is 2.72. The molecule has 4 rings (SSSR count). The number of hydrogen-bond acceptors (Lipinski definition) is 5. The summed E-state index contributed by atoms with van der Waals surface area (Å²) in [6.45, 7) is 9.54. The molecule has 0 spiro atoms. The first kappa shape index (κ1) is 23.9. The topological polar surface area (TPSA) is 58.1 Å². The molecule has 1 N–H and O–H groups in total. The number of likely N-dealkylation sites (tertiary alicyclic amines) is 1. The maximum absolute atomic E-state index is 14.5. The number of fused-ring (bicyclic) bond motifs is 1. The van der Waals surface area contributed by atoms with Gasteiger partial charge in [-0.05, 0) is 69.3 Å². The van der Waals surface area contributed by atoms with Crippen molar-refractivity contribution in [3.8, 4) is 11.8 Å². The summed E-state index contributed by atoms with van der Waals surface area (Å²) >= 11 is 5.93. The minimum absolute atomic E-state index is 0.0136. The molecule has 34 heavy (non-hydrogen) atoms. The second-order valence-electron chi connectivity index (χ2n) is 9.15. The lowest BCUT2D eigenvalue weighted by atomic mass is 9.89. The third-order valence-electron chi connectivity index (χ3n) is 6.06. The van der Waals surface area contributed by atoms with E-state index in [1.54, 1.807) is 19.1 Å². The Morgan fingerprint density at radius 1 is 1.35 bits per heavy atom. The summed E-state index contributed by atoms with van der Waals surface area (Å²) in [6.07, 6.45) is 2.56. The van der Waals surface area contributed by atoms with E-state index in [1.165, 1.54) is 12.4 Å². The van der Waals surface area contributed by atoms with E-state index in [2.05, 4.69) is 52.6 Å². The predicted molar refractivity (Wildman–Crippen MR) is 135 cm³/mol. The van der Waals surface area contributed by atoms with Crippen LogP contribution in [0, 0.1) is 23.1 Å². The molecule has 0 unspecified atom stereocenters. The monoisotopic (exact) mass is 476 g/mol. The van der Waals surface area contributed by atoms with Crippen molar-refractivity contribution in [2.45, 2.75) is 26.7 Å². The highest BCUT2D eigenvalue weighted by molar-refractivity contribution is 6.31. The first-order chi connectivity index (χ1) is 16.1. The Balaban J connectivity index is 1.80. The molecule has 1 saturated heterocycles. The van der Waals surface area contributed by atoms with Crippen LogP contribution < -0.4 is 5.32 Å². The molecule has 1 aromatic heterocycles. The summed E-state index contributed by atoms with van der Waals surface area (Å²) < 4.78 is 14.5. The number of nitrogens with zero attached hydrogens (tertiary/aromatic N) is 3. The van der Waals surface area contributed by atoms with Gasteiger partial charge < -0.3 is 10.2 Å². The highest BCUT2D eigenvalue weighted by Gasteiger charge is 2.30. The van der Waals surface area contributed by atoms with Gasteiger partial charge in [0, 0.05) is 29.3 Å². The largest absolute Gasteiger partial charge is 0.337 e. The Bertz CT molecular complexity index is 1360. The number of ketones is 1. The van der Waals surface area contributed by atoms with Crippen LogP contribution >= 0.6 is 11.6 Å². The van der Waals surface area contributed by atoms with Gasteiger partial charge in [-0.3, -0.25) is 4.79 Å². The van der Waals surface area contributed by atoms with Gasteiger partial charge in [0.25, 0.3) is 0 Å². The van der Waals surface area contributed by atoms with Crippen LogP contribution in [0.15, 0.2) is 48.8 Å². The van der Waals surface area contributed by atoms with Gasteiger partial charge in [-0.25, -0.2) is 14.4 Å². The molecule has 1 aliphatic rings. The molecule has 3 aromatic rings. The third-order valence-corrected chi connectivity index (χ3v) is 6.35. The molecule has 1 atom stereocenters. The van der Waals surface area contributed by atoms with Crippen molar-refractivity contribution >= 4 is 39.8 Å². The molecular formula is C27H26ClFN4O.